The van der Waals surface area contributed by atoms with Crippen LogP contribution in [0, 0.1) is 29.6 Å². The monoisotopic (exact) mass is 812 g/mol. The first-order valence-electron chi connectivity index (χ1n) is 16.5. The number of phenols is 1. The lowest BCUT2D eigenvalue weighted by molar-refractivity contribution is -0.143. The number of phenolic OH excluding ortho intramolecular Hbond substituents is 1. The van der Waals surface area contributed by atoms with E-state index >= 15 is 0 Å². The Hall–Kier alpha value is -5.10. The third-order valence-corrected chi connectivity index (χ3v) is 11.2. The maximum Gasteiger partial charge on any atom is 0.433 e. The zero-order valence-corrected chi connectivity index (χ0v) is 30.2. The molecule has 1 aromatic carbocycles. The van der Waals surface area contributed by atoms with Crippen molar-refractivity contribution in [3.05, 3.63) is 81.1 Å². The van der Waals surface area contributed by atoms with Crippen LogP contribution in [0.5, 0.6) is 11.5 Å². The molecule has 55 heavy (non-hydrogen) atoms. The van der Waals surface area contributed by atoms with Gasteiger partial charge in [-0.2, -0.15) is 36.4 Å². The second kappa shape index (κ2) is 13.3. The Morgan fingerprint density at radius 1 is 0.745 bits per heavy atom. The molecule has 2 saturated heterocycles. The number of para-hydroxylation sites is 1. The molecule has 1 N–H and O–H groups in total. The SMILES string of the molecule is COc1cccc([C@H]2C3=CC[C@@H]4C(=O)N(N(C)c5nc(C(F)(F)F)ccc5Cl)C(=O)[C@@H]4[C@@H]3C[C@H]3C(=O)N(N(C)c4nc(C(F)(F)F)ccc4Cl)C(=O)[C@@H]23)c1O. The van der Waals surface area contributed by atoms with Crippen molar-refractivity contribution >= 4 is 58.5 Å². The number of carbonyl (C=O) groups excluding carboxylic acids is 4. The largest absolute Gasteiger partial charge is 0.504 e. The number of anilines is 2. The van der Waals surface area contributed by atoms with Gasteiger partial charge in [-0.1, -0.05) is 47.0 Å². The van der Waals surface area contributed by atoms with E-state index in [1.165, 1.54) is 25.3 Å². The second-order valence-corrected chi connectivity index (χ2v) is 14.3. The Morgan fingerprint density at radius 3 is 1.76 bits per heavy atom. The lowest BCUT2D eigenvalue weighted by Crippen LogP contribution is -2.46. The van der Waals surface area contributed by atoms with Gasteiger partial charge in [0.25, 0.3) is 23.6 Å². The van der Waals surface area contributed by atoms with E-state index in [1.807, 2.05) is 0 Å². The number of aromatic nitrogens is 2. The highest BCUT2D eigenvalue weighted by Crippen LogP contribution is 2.60. The van der Waals surface area contributed by atoms with Crippen molar-refractivity contribution in [2.45, 2.75) is 31.1 Å². The normalized spacial score (nSPS) is 25.1. The number of alkyl halides is 6. The summed E-state index contributed by atoms with van der Waals surface area (Å²) < 4.78 is 87.0. The Morgan fingerprint density at radius 2 is 1.25 bits per heavy atom. The fourth-order valence-electron chi connectivity index (χ4n) is 8.27. The lowest BCUT2D eigenvalue weighted by Gasteiger charge is -2.44. The fourth-order valence-corrected chi connectivity index (χ4v) is 8.73. The Balaban J connectivity index is 1.31. The number of ether oxygens (including phenoxy) is 1. The van der Waals surface area contributed by atoms with Crippen LogP contribution in [0.15, 0.2) is 54.1 Å². The van der Waals surface area contributed by atoms with E-state index in [4.69, 9.17) is 27.9 Å². The molecule has 2 aliphatic heterocycles. The number of benzene rings is 1. The minimum Gasteiger partial charge on any atom is -0.504 e. The Bertz CT molecular complexity index is 2190. The summed E-state index contributed by atoms with van der Waals surface area (Å²) in [5.74, 6) is -11.6. The summed E-state index contributed by atoms with van der Waals surface area (Å²) in [6, 6.07) is 7.61. The highest BCUT2D eigenvalue weighted by molar-refractivity contribution is 6.33. The molecule has 4 amide bonds. The molecule has 0 bridgehead atoms. The molecule has 2 aromatic heterocycles. The van der Waals surface area contributed by atoms with E-state index < -0.39 is 94.5 Å². The molecule has 12 nitrogen and oxygen atoms in total. The number of pyridine rings is 2. The maximum absolute atomic E-state index is 14.4. The van der Waals surface area contributed by atoms with Crippen LogP contribution >= 0.6 is 23.2 Å². The molecule has 0 unspecified atom stereocenters. The molecule has 2 aliphatic carbocycles. The molecule has 6 atom stereocenters. The molecule has 1 saturated carbocycles. The van der Waals surface area contributed by atoms with E-state index in [-0.39, 0.29) is 39.9 Å². The second-order valence-electron chi connectivity index (χ2n) is 13.4. The highest BCUT2D eigenvalue weighted by atomic mass is 35.5. The number of hydrazine groups is 2. The third-order valence-electron chi connectivity index (χ3n) is 10.6. The van der Waals surface area contributed by atoms with Crippen molar-refractivity contribution in [1.82, 2.24) is 20.0 Å². The van der Waals surface area contributed by atoms with Gasteiger partial charge in [0, 0.05) is 25.6 Å². The number of carbonyl (C=O) groups is 4. The summed E-state index contributed by atoms with van der Waals surface area (Å²) in [5.41, 5.74) is -2.10. The van der Waals surface area contributed by atoms with Crippen molar-refractivity contribution < 1.29 is 55.4 Å². The minimum absolute atomic E-state index is 0.0153. The lowest BCUT2D eigenvalue weighted by atomic mass is 9.57. The molecule has 4 aliphatic rings. The van der Waals surface area contributed by atoms with Crippen LogP contribution in [-0.4, -0.2) is 69.9 Å². The van der Waals surface area contributed by atoms with Gasteiger partial charge in [0.15, 0.2) is 23.1 Å². The van der Waals surface area contributed by atoms with E-state index in [1.54, 1.807) is 6.08 Å². The van der Waals surface area contributed by atoms with E-state index in [2.05, 4.69) is 9.97 Å². The number of halogens is 8. The molecule has 4 heterocycles. The smallest absolute Gasteiger partial charge is 0.433 e. The summed E-state index contributed by atoms with van der Waals surface area (Å²) in [5, 5.41) is 13.7. The number of amides is 4. The molecule has 290 valence electrons. The molecule has 20 heteroatoms. The van der Waals surface area contributed by atoms with Gasteiger partial charge in [-0.05, 0) is 49.1 Å². The van der Waals surface area contributed by atoms with Gasteiger partial charge in [0.2, 0.25) is 0 Å². The van der Waals surface area contributed by atoms with Crippen molar-refractivity contribution in [2.24, 2.45) is 29.6 Å². The van der Waals surface area contributed by atoms with Crippen LogP contribution in [0.25, 0.3) is 0 Å². The minimum atomic E-state index is -4.89. The number of hydrogen-bond acceptors (Lipinski definition) is 10. The molecule has 0 spiro atoms. The summed E-state index contributed by atoms with van der Waals surface area (Å²) in [6.45, 7) is 0. The first-order chi connectivity index (χ1) is 25.8. The van der Waals surface area contributed by atoms with Crippen LogP contribution < -0.4 is 14.8 Å². The topological polar surface area (TPSA) is 136 Å². The molecular weight excluding hydrogens is 785 g/mol. The highest BCUT2D eigenvalue weighted by Gasteiger charge is 2.63. The summed E-state index contributed by atoms with van der Waals surface area (Å²) in [7, 11) is 3.59. The molecule has 3 aromatic rings. The molecule has 7 rings (SSSR count). The zero-order chi connectivity index (χ0) is 40.0. The van der Waals surface area contributed by atoms with Crippen LogP contribution in [-0.2, 0) is 31.5 Å². The first-order valence-corrected chi connectivity index (χ1v) is 17.3. The average Bonchev–Trinajstić information content (AvgIpc) is 3.53. The predicted octanol–water partition coefficient (Wildman–Crippen LogP) is 6.27. The summed E-state index contributed by atoms with van der Waals surface area (Å²) in [6.07, 6.45) is -8.39. The fraction of sp³-hybridized carbons (Fsp3) is 0.371. The van der Waals surface area contributed by atoms with Crippen LogP contribution in [0.1, 0.15) is 35.7 Å². The van der Waals surface area contributed by atoms with Gasteiger partial charge in [0.05, 0.1) is 40.8 Å². The van der Waals surface area contributed by atoms with E-state index in [0.29, 0.717) is 27.7 Å². The van der Waals surface area contributed by atoms with E-state index in [0.717, 1.165) is 36.2 Å². The number of nitrogens with zero attached hydrogens (tertiary/aromatic N) is 6. The van der Waals surface area contributed by atoms with Gasteiger partial charge < -0.3 is 9.84 Å². The number of allylic oxidation sites excluding steroid dienone is 2. The van der Waals surface area contributed by atoms with Gasteiger partial charge >= 0.3 is 12.4 Å². The number of methoxy groups -OCH3 is 1. The van der Waals surface area contributed by atoms with Crippen molar-refractivity contribution in [2.75, 3.05) is 31.2 Å². The van der Waals surface area contributed by atoms with Crippen LogP contribution in [0.2, 0.25) is 10.0 Å². The van der Waals surface area contributed by atoms with E-state index in [9.17, 15) is 50.6 Å². The van der Waals surface area contributed by atoms with Crippen molar-refractivity contribution in [3.63, 3.8) is 0 Å². The van der Waals surface area contributed by atoms with Crippen molar-refractivity contribution in [3.8, 4) is 11.5 Å². The first kappa shape index (κ1) is 38.2. The third kappa shape index (κ3) is 6.00. The number of imide groups is 2. The molecule has 3 fully saturated rings. The number of fused-ring (bicyclic) bond motifs is 4. The standard InChI is InChI=1S/C35H28Cl2F6N6O6/c1-46(28-19(36)9-11-22(44-28)34(38,39)40)48-30(51)16-8-7-14-17(25(16)32(48)53)13-18-26(24(14)15-5-4-6-21(55-3)27(15)50)33(54)49(31(18)52)47(2)29-20(37)10-12-23(45-29)35(41,42)43/h4-7,9-12,16-18,24-26,50H,8,13H2,1-3H3/t16-,17+,18+,24+,25-,26+/m0/s1. The maximum atomic E-state index is 14.4. The zero-order valence-electron chi connectivity index (χ0n) is 28.7. The van der Waals surface area contributed by atoms with Gasteiger partial charge in [-0.25, -0.2) is 9.97 Å². The summed E-state index contributed by atoms with van der Waals surface area (Å²) >= 11 is 12.4. The number of rotatable bonds is 6. The van der Waals surface area contributed by atoms with Gasteiger partial charge in [-0.15, -0.1) is 0 Å². The van der Waals surface area contributed by atoms with Gasteiger partial charge in [-0.3, -0.25) is 29.2 Å². The average molecular weight is 814 g/mol. The quantitative estimate of drug-likeness (QED) is 0.172. The number of aromatic hydroxyl groups is 1. The Kier molecular flexibility index (Phi) is 9.22. The van der Waals surface area contributed by atoms with Crippen molar-refractivity contribution in [1.29, 1.82) is 0 Å². The summed E-state index contributed by atoms with van der Waals surface area (Å²) in [4.78, 5) is 64.2. The van der Waals surface area contributed by atoms with Gasteiger partial charge in [0.1, 0.15) is 11.4 Å². The Labute approximate surface area is 317 Å². The molecular formula is C35H28Cl2F6N6O6. The predicted molar refractivity (Wildman–Crippen MR) is 181 cm³/mol. The van der Waals surface area contributed by atoms with Crippen LogP contribution in [0.4, 0.5) is 38.0 Å². The number of hydrogen-bond donors (Lipinski definition) is 1. The van der Waals surface area contributed by atoms with Crippen LogP contribution in [0.3, 0.4) is 0 Å². The molecule has 0 radical (unpaired) electrons.